The van der Waals surface area contributed by atoms with E-state index in [9.17, 15) is 14.4 Å². The minimum atomic E-state index is -0.551. The Hall–Kier alpha value is -2.17. The molecule has 18 heavy (non-hydrogen) atoms. The molecule has 0 aliphatic rings. The van der Waals surface area contributed by atoms with Gasteiger partial charge in [0.05, 0.1) is 0 Å². The van der Waals surface area contributed by atoms with Crippen LogP contribution >= 0.6 is 0 Å². The van der Waals surface area contributed by atoms with E-state index in [1.54, 1.807) is 6.92 Å². The van der Waals surface area contributed by atoms with Gasteiger partial charge in [0.2, 0.25) is 0 Å². The second-order valence-electron chi connectivity index (χ2n) is 3.63. The minimum Gasteiger partial charge on any atom is -0.423 e. The van der Waals surface area contributed by atoms with Crippen LogP contribution in [0.5, 0.6) is 11.5 Å². The lowest BCUT2D eigenvalue weighted by molar-refractivity contribution is -0.134. The highest BCUT2D eigenvalue weighted by atomic mass is 16.6. The molecule has 0 atom stereocenters. The number of rotatable bonds is 4. The molecule has 0 N–H and O–H groups in total. The minimum absolute atomic E-state index is 0.0667. The molecule has 0 amide bonds. The van der Waals surface area contributed by atoms with Crippen molar-refractivity contribution in [3.63, 3.8) is 0 Å². The van der Waals surface area contributed by atoms with Gasteiger partial charge in [0.1, 0.15) is 0 Å². The largest absolute Gasteiger partial charge is 0.423 e. The zero-order chi connectivity index (χ0) is 13.7. The summed E-state index contributed by atoms with van der Waals surface area (Å²) in [7, 11) is 0. The van der Waals surface area contributed by atoms with Gasteiger partial charge in [-0.25, -0.2) is 0 Å². The first-order valence-electron chi connectivity index (χ1n) is 5.48. The Labute approximate surface area is 105 Å². The number of carbonyl (C=O) groups excluding carboxylic acids is 3. The number of benzene rings is 1. The highest BCUT2D eigenvalue weighted by Gasteiger charge is 2.13. The van der Waals surface area contributed by atoms with Crippen molar-refractivity contribution in [2.24, 2.45) is 0 Å². The highest BCUT2D eigenvalue weighted by Crippen LogP contribution is 2.29. The van der Waals surface area contributed by atoms with Crippen molar-refractivity contribution in [2.45, 2.75) is 27.2 Å². The Kier molecular flexibility index (Phi) is 4.59. The summed E-state index contributed by atoms with van der Waals surface area (Å²) >= 11 is 0. The van der Waals surface area contributed by atoms with Gasteiger partial charge in [-0.3, -0.25) is 14.4 Å². The lowest BCUT2D eigenvalue weighted by Crippen LogP contribution is -2.08. The van der Waals surface area contributed by atoms with Crippen LogP contribution in [0.4, 0.5) is 0 Å². The molecule has 0 saturated carbocycles. The number of ketones is 1. The summed E-state index contributed by atoms with van der Waals surface area (Å²) in [5.74, 6) is -0.984. The van der Waals surface area contributed by atoms with Crippen LogP contribution < -0.4 is 9.47 Å². The van der Waals surface area contributed by atoms with Crippen LogP contribution in [0.15, 0.2) is 18.2 Å². The van der Waals surface area contributed by atoms with Crippen LogP contribution in [0.25, 0.3) is 0 Å². The normalized spacial score (nSPS) is 9.72. The molecule has 96 valence electrons. The molecule has 0 bridgehead atoms. The second kappa shape index (κ2) is 5.95. The third-order valence-corrected chi connectivity index (χ3v) is 2.09. The van der Waals surface area contributed by atoms with Crippen molar-refractivity contribution < 1.29 is 23.9 Å². The maximum atomic E-state index is 11.5. The molecule has 0 fully saturated rings. The lowest BCUT2D eigenvalue weighted by Gasteiger charge is -2.09. The first-order chi connectivity index (χ1) is 8.43. The molecule has 5 heteroatoms. The average Bonchev–Trinajstić information content (AvgIpc) is 2.29. The number of hydrogen-bond donors (Lipinski definition) is 0. The first kappa shape index (κ1) is 13.9. The summed E-state index contributed by atoms with van der Waals surface area (Å²) in [6.07, 6.45) is 0.340. The van der Waals surface area contributed by atoms with Crippen molar-refractivity contribution in [3.8, 4) is 11.5 Å². The van der Waals surface area contributed by atoms with Crippen molar-refractivity contribution in [3.05, 3.63) is 23.8 Å². The van der Waals surface area contributed by atoms with Gasteiger partial charge in [-0.15, -0.1) is 0 Å². The summed E-state index contributed by atoms with van der Waals surface area (Å²) in [4.78, 5) is 33.4. The second-order valence-corrected chi connectivity index (χ2v) is 3.63. The molecule has 1 aromatic carbocycles. The average molecular weight is 250 g/mol. The van der Waals surface area contributed by atoms with Gasteiger partial charge in [0.15, 0.2) is 17.3 Å². The van der Waals surface area contributed by atoms with E-state index >= 15 is 0 Å². The van der Waals surface area contributed by atoms with Crippen LogP contribution in [-0.4, -0.2) is 17.7 Å². The van der Waals surface area contributed by atoms with Crippen molar-refractivity contribution >= 4 is 17.7 Å². The molecule has 0 unspecified atom stereocenters. The molecule has 0 aliphatic heterocycles. The topological polar surface area (TPSA) is 69.7 Å². The van der Waals surface area contributed by atoms with E-state index in [1.165, 1.54) is 32.0 Å². The van der Waals surface area contributed by atoms with Crippen LogP contribution in [0.2, 0.25) is 0 Å². The Morgan fingerprint density at radius 2 is 1.56 bits per heavy atom. The molecule has 0 saturated heterocycles. The molecule has 0 aliphatic carbocycles. The Morgan fingerprint density at radius 1 is 1.00 bits per heavy atom. The van der Waals surface area contributed by atoms with E-state index < -0.39 is 11.9 Å². The third-order valence-electron chi connectivity index (χ3n) is 2.09. The lowest BCUT2D eigenvalue weighted by atomic mass is 10.1. The predicted molar refractivity (Wildman–Crippen MR) is 63.7 cm³/mol. The predicted octanol–water partition coefficient (Wildman–Crippen LogP) is 2.13. The van der Waals surface area contributed by atoms with Gasteiger partial charge < -0.3 is 9.47 Å². The quantitative estimate of drug-likeness (QED) is 0.465. The molecule has 0 aromatic heterocycles. The standard InChI is InChI=1S/C13H14O5/c1-4-11(16)10-5-6-12(17-8(2)14)13(7-10)18-9(3)15/h5-7H,4H2,1-3H3. The van der Waals surface area contributed by atoms with E-state index in [-0.39, 0.29) is 17.3 Å². The molecule has 0 heterocycles. The highest BCUT2D eigenvalue weighted by molar-refractivity contribution is 5.96. The van der Waals surface area contributed by atoms with Gasteiger partial charge in [-0.2, -0.15) is 0 Å². The Bertz CT molecular complexity index is 490. The van der Waals surface area contributed by atoms with Crippen LogP contribution in [0, 0.1) is 0 Å². The monoisotopic (exact) mass is 250 g/mol. The van der Waals surface area contributed by atoms with E-state index in [2.05, 4.69) is 0 Å². The van der Waals surface area contributed by atoms with E-state index in [0.717, 1.165) is 0 Å². The molecule has 0 spiro atoms. The molecular weight excluding hydrogens is 236 g/mol. The number of ether oxygens (including phenoxy) is 2. The van der Waals surface area contributed by atoms with Gasteiger partial charge >= 0.3 is 11.9 Å². The number of Topliss-reactive ketones (excluding diaryl/α,β-unsaturated/α-hetero) is 1. The number of carbonyl (C=O) groups is 3. The van der Waals surface area contributed by atoms with Gasteiger partial charge in [0, 0.05) is 25.8 Å². The third kappa shape index (κ3) is 3.69. The van der Waals surface area contributed by atoms with E-state index in [0.29, 0.717) is 12.0 Å². The van der Waals surface area contributed by atoms with Crippen molar-refractivity contribution in [2.75, 3.05) is 0 Å². The molecule has 1 aromatic rings. The summed E-state index contributed by atoms with van der Waals surface area (Å²) in [6, 6.07) is 4.35. The SMILES string of the molecule is CCC(=O)c1ccc(OC(C)=O)c(OC(C)=O)c1. The number of esters is 2. The maximum absolute atomic E-state index is 11.5. The first-order valence-corrected chi connectivity index (χ1v) is 5.48. The van der Waals surface area contributed by atoms with Gasteiger partial charge in [-0.1, -0.05) is 6.92 Å². The summed E-state index contributed by atoms with van der Waals surface area (Å²) in [5.41, 5.74) is 0.407. The van der Waals surface area contributed by atoms with Crippen LogP contribution in [0.3, 0.4) is 0 Å². The molecular formula is C13H14O5. The molecule has 1 rings (SSSR count). The molecule has 5 nitrogen and oxygen atoms in total. The van der Waals surface area contributed by atoms with Crippen molar-refractivity contribution in [1.29, 1.82) is 0 Å². The zero-order valence-corrected chi connectivity index (χ0v) is 10.5. The molecule has 0 radical (unpaired) electrons. The Morgan fingerprint density at radius 3 is 2.06 bits per heavy atom. The fourth-order valence-corrected chi connectivity index (χ4v) is 1.36. The summed E-state index contributed by atoms with van der Waals surface area (Å²) in [5, 5.41) is 0. The van der Waals surface area contributed by atoms with Crippen LogP contribution in [0.1, 0.15) is 37.6 Å². The van der Waals surface area contributed by atoms with E-state index in [1.807, 2.05) is 0 Å². The maximum Gasteiger partial charge on any atom is 0.308 e. The summed E-state index contributed by atoms with van der Waals surface area (Å²) in [6.45, 7) is 4.20. The fraction of sp³-hybridized carbons (Fsp3) is 0.308. The van der Waals surface area contributed by atoms with Crippen LogP contribution in [-0.2, 0) is 9.59 Å². The van der Waals surface area contributed by atoms with Crippen molar-refractivity contribution in [1.82, 2.24) is 0 Å². The van der Waals surface area contributed by atoms with Gasteiger partial charge in [0.25, 0.3) is 0 Å². The fourth-order valence-electron chi connectivity index (χ4n) is 1.36. The smallest absolute Gasteiger partial charge is 0.308 e. The van der Waals surface area contributed by atoms with Gasteiger partial charge in [-0.05, 0) is 18.2 Å². The zero-order valence-electron chi connectivity index (χ0n) is 10.5. The Balaban J connectivity index is 3.15. The number of hydrogen-bond acceptors (Lipinski definition) is 5. The summed E-state index contributed by atoms with van der Waals surface area (Å²) < 4.78 is 9.80. The van der Waals surface area contributed by atoms with E-state index in [4.69, 9.17) is 9.47 Å².